The summed E-state index contributed by atoms with van der Waals surface area (Å²) in [5.41, 5.74) is 1.05. The van der Waals surface area contributed by atoms with Crippen molar-refractivity contribution in [1.82, 2.24) is 9.88 Å². The van der Waals surface area contributed by atoms with Gasteiger partial charge in [-0.05, 0) is 57.6 Å². The summed E-state index contributed by atoms with van der Waals surface area (Å²) in [5, 5.41) is 4.71. The van der Waals surface area contributed by atoms with E-state index in [1.807, 2.05) is 12.1 Å². The van der Waals surface area contributed by atoms with E-state index >= 15 is 0 Å². The zero-order valence-corrected chi connectivity index (χ0v) is 14.7. The standard InChI is InChI=1S/C18H27N3.ClH/c1-4-21(5-2)14-8-9-15(3)19-18-13-12-16-10-6-7-11-17(16)20-18;/h6-7,10-13,15H,4-5,8-9,14H2,1-3H3,(H,19,20);1H. The van der Waals surface area contributed by atoms with E-state index in [-0.39, 0.29) is 12.4 Å². The summed E-state index contributed by atoms with van der Waals surface area (Å²) in [6.07, 6.45) is 2.40. The molecule has 22 heavy (non-hydrogen) atoms. The number of para-hydroxylation sites is 1. The number of nitrogens with zero attached hydrogens (tertiary/aromatic N) is 2. The van der Waals surface area contributed by atoms with Crippen LogP contribution in [-0.2, 0) is 0 Å². The highest BCUT2D eigenvalue weighted by molar-refractivity contribution is 5.85. The number of rotatable bonds is 8. The molecule has 0 aliphatic rings. The molecule has 3 nitrogen and oxygen atoms in total. The molecule has 1 unspecified atom stereocenters. The second-order valence-electron chi connectivity index (χ2n) is 5.60. The summed E-state index contributed by atoms with van der Waals surface area (Å²) in [7, 11) is 0. The van der Waals surface area contributed by atoms with E-state index in [1.165, 1.54) is 24.8 Å². The smallest absolute Gasteiger partial charge is 0.126 e. The van der Waals surface area contributed by atoms with Crippen molar-refractivity contribution in [2.75, 3.05) is 25.0 Å². The largest absolute Gasteiger partial charge is 0.368 e. The maximum Gasteiger partial charge on any atom is 0.126 e. The Morgan fingerprint density at radius 1 is 1.09 bits per heavy atom. The molecule has 2 aromatic rings. The predicted molar refractivity (Wildman–Crippen MR) is 99.1 cm³/mol. The lowest BCUT2D eigenvalue weighted by Gasteiger charge is -2.20. The van der Waals surface area contributed by atoms with Gasteiger partial charge in [-0.1, -0.05) is 32.0 Å². The van der Waals surface area contributed by atoms with E-state index in [9.17, 15) is 0 Å². The number of hydrogen-bond donors (Lipinski definition) is 1. The average Bonchev–Trinajstić information content (AvgIpc) is 2.51. The second kappa shape index (κ2) is 9.65. The van der Waals surface area contributed by atoms with E-state index in [4.69, 9.17) is 0 Å². The van der Waals surface area contributed by atoms with Crippen LogP contribution in [0.5, 0.6) is 0 Å². The number of fused-ring (bicyclic) bond motifs is 1. The fraction of sp³-hybridized carbons (Fsp3) is 0.500. The van der Waals surface area contributed by atoms with Crippen LogP contribution in [0.3, 0.4) is 0 Å². The number of anilines is 1. The predicted octanol–water partition coefficient (Wildman–Crippen LogP) is 4.58. The first-order valence-corrected chi connectivity index (χ1v) is 8.07. The maximum absolute atomic E-state index is 4.67. The van der Waals surface area contributed by atoms with Crippen LogP contribution in [-0.4, -0.2) is 35.6 Å². The van der Waals surface area contributed by atoms with Crippen LogP contribution in [0, 0.1) is 0 Å². The van der Waals surface area contributed by atoms with Crippen molar-refractivity contribution in [3.8, 4) is 0 Å². The Morgan fingerprint density at radius 3 is 2.55 bits per heavy atom. The molecule has 0 radical (unpaired) electrons. The van der Waals surface area contributed by atoms with Crippen LogP contribution in [0.4, 0.5) is 5.82 Å². The van der Waals surface area contributed by atoms with Crippen molar-refractivity contribution >= 4 is 29.1 Å². The van der Waals surface area contributed by atoms with Crippen molar-refractivity contribution in [2.24, 2.45) is 0 Å². The fourth-order valence-corrected chi connectivity index (χ4v) is 2.63. The molecular formula is C18H28ClN3. The van der Waals surface area contributed by atoms with E-state index in [1.54, 1.807) is 0 Å². The van der Waals surface area contributed by atoms with Crippen molar-refractivity contribution in [3.05, 3.63) is 36.4 Å². The minimum absolute atomic E-state index is 0. The van der Waals surface area contributed by atoms with Crippen molar-refractivity contribution in [2.45, 2.75) is 39.7 Å². The summed E-state index contributed by atoms with van der Waals surface area (Å²) in [6, 6.07) is 12.9. The first-order valence-electron chi connectivity index (χ1n) is 8.07. The molecule has 1 atom stereocenters. The van der Waals surface area contributed by atoms with Gasteiger partial charge in [-0.3, -0.25) is 0 Å². The van der Waals surface area contributed by atoms with Gasteiger partial charge in [0.25, 0.3) is 0 Å². The fourth-order valence-electron chi connectivity index (χ4n) is 2.63. The summed E-state index contributed by atoms with van der Waals surface area (Å²) in [5.74, 6) is 0.976. The average molecular weight is 322 g/mol. The molecule has 0 bridgehead atoms. The lowest BCUT2D eigenvalue weighted by atomic mass is 10.1. The first kappa shape index (κ1) is 18.7. The highest BCUT2D eigenvalue weighted by atomic mass is 35.5. The molecule has 0 saturated carbocycles. The molecule has 122 valence electrons. The van der Waals surface area contributed by atoms with E-state index in [0.29, 0.717) is 6.04 Å². The summed E-state index contributed by atoms with van der Waals surface area (Å²) < 4.78 is 0. The highest BCUT2D eigenvalue weighted by Crippen LogP contribution is 2.16. The molecule has 0 amide bonds. The molecule has 1 heterocycles. The number of hydrogen-bond acceptors (Lipinski definition) is 3. The van der Waals surface area contributed by atoms with E-state index in [0.717, 1.165) is 24.4 Å². The third kappa shape index (κ3) is 5.47. The van der Waals surface area contributed by atoms with Gasteiger partial charge in [-0.25, -0.2) is 4.98 Å². The number of nitrogens with one attached hydrogen (secondary N) is 1. The molecule has 1 N–H and O–H groups in total. The Labute approximate surface area is 140 Å². The molecule has 0 aliphatic carbocycles. The van der Waals surface area contributed by atoms with Crippen LogP contribution in [0.25, 0.3) is 10.9 Å². The van der Waals surface area contributed by atoms with Crippen molar-refractivity contribution < 1.29 is 0 Å². The van der Waals surface area contributed by atoms with Gasteiger partial charge < -0.3 is 10.2 Å². The van der Waals surface area contributed by atoms with E-state index in [2.05, 4.69) is 60.2 Å². The molecule has 0 fully saturated rings. The SMILES string of the molecule is CCN(CC)CCCC(C)Nc1ccc2ccccc2n1.Cl. The topological polar surface area (TPSA) is 28.2 Å². The number of pyridine rings is 1. The molecule has 2 rings (SSSR count). The van der Waals surface area contributed by atoms with Gasteiger partial charge in [0.15, 0.2) is 0 Å². The highest BCUT2D eigenvalue weighted by Gasteiger charge is 2.05. The van der Waals surface area contributed by atoms with Gasteiger partial charge in [-0.15, -0.1) is 12.4 Å². The Hall–Kier alpha value is -1.32. The van der Waals surface area contributed by atoms with Crippen LogP contribution in [0.2, 0.25) is 0 Å². The monoisotopic (exact) mass is 321 g/mol. The van der Waals surface area contributed by atoms with Gasteiger partial charge in [0.1, 0.15) is 5.82 Å². The maximum atomic E-state index is 4.67. The molecule has 1 aromatic carbocycles. The molecule has 0 aliphatic heterocycles. The zero-order chi connectivity index (χ0) is 15.1. The van der Waals surface area contributed by atoms with Crippen LogP contribution >= 0.6 is 12.4 Å². The summed E-state index contributed by atoms with van der Waals surface area (Å²) in [6.45, 7) is 10.2. The minimum atomic E-state index is 0. The van der Waals surface area contributed by atoms with Crippen molar-refractivity contribution in [1.29, 1.82) is 0 Å². The first-order chi connectivity index (χ1) is 10.2. The summed E-state index contributed by atoms with van der Waals surface area (Å²) >= 11 is 0. The third-order valence-electron chi connectivity index (χ3n) is 4.00. The van der Waals surface area contributed by atoms with Gasteiger partial charge in [0.2, 0.25) is 0 Å². The number of halogens is 1. The zero-order valence-electron chi connectivity index (χ0n) is 13.9. The van der Waals surface area contributed by atoms with Gasteiger partial charge in [0, 0.05) is 11.4 Å². The minimum Gasteiger partial charge on any atom is -0.368 e. The second-order valence-corrected chi connectivity index (χ2v) is 5.60. The molecular weight excluding hydrogens is 294 g/mol. The number of benzene rings is 1. The van der Waals surface area contributed by atoms with Gasteiger partial charge >= 0.3 is 0 Å². The Kier molecular flexibility index (Phi) is 8.21. The van der Waals surface area contributed by atoms with Crippen LogP contribution < -0.4 is 5.32 Å². The van der Waals surface area contributed by atoms with Crippen LogP contribution in [0.15, 0.2) is 36.4 Å². The van der Waals surface area contributed by atoms with Crippen molar-refractivity contribution in [3.63, 3.8) is 0 Å². The lowest BCUT2D eigenvalue weighted by molar-refractivity contribution is 0.295. The lowest BCUT2D eigenvalue weighted by Crippen LogP contribution is -2.25. The Morgan fingerprint density at radius 2 is 1.82 bits per heavy atom. The van der Waals surface area contributed by atoms with Gasteiger partial charge in [-0.2, -0.15) is 0 Å². The third-order valence-corrected chi connectivity index (χ3v) is 4.00. The Bertz CT molecular complexity index is 555. The quantitative estimate of drug-likeness (QED) is 0.771. The van der Waals surface area contributed by atoms with Gasteiger partial charge in [0.05, 0.1) is 5.52 Å². The molecule has 0 spiro atoms. The van der Waals surface area contributed by atoms with Crippen LogP contribution in [0.1, 0.15) is 33.6 Å². The normalized spacial score (nSPS) is 12.2. The molecule has 1 aromatic heterocycles. The molecule has 0 saturated heterocycles. The Balaban J connectivity index is 0.00000242. The summed E-state index contributed by atoms with van der Waals surface area (Å²) in [4.78, 5) is 7.14. The number of aromatic nitrogens is 1. The van der Waals surface area contributed by atoms with E-state index < -0.39 is 0 Å². The molecule has 4 heteroatoms.